The predicted octanol–water partition coefficient (Wildman–Crippen LogP) is -0.718. The zero-order valence-electron chi connectivity index (χ0n) is 5.44. The van der Waals surface area contributed by atoms with Crippen molar-refractivity contribution in [3.05, 3.63) is 10.6 Å². The van der Waals surface area contributed by atoms with Crippen molar-refractivity contribution in [1.82, 2.24) is 14.9 Å². The van der Waals surface area contributed by atoms with Gasteiger partial charge >= 0.3 is 5.97 Å². The predicted molar refractivity (Wildman–Crippen MR) is 38.9 cm³/mol. The van der Waals surface area contributed by atoms with Crippen LogP contribution in [-0.4, -0.2) is 25.9 Å². The number of nitrogens with two attached hydrogens (primary N) is 1. The van der Waals surface area contributed by atoms with Crippen LogP contribution in [0.2, 0.25) is 0 Å². The largest absolute Gasteiger partial charge is 0.481 e. The Kier molecular flexibility index (Phi) is 1.90. The Morgan fingerprint density at radius 2 is 2.55 bits per heavy atom. The van der Waals surface area contributed by atoms with Crippen molar-refractivity contribution in [3.8, 4) is 0 Å². The van der Waals surface area contributed by atoms with E-state index in [4.69, 9.17) is 10.9 Å². The number of carboxylic acids is 1. The van der Waals surface area contributed by atoms with Gasteiger partial charge in [-0.3, -0.25) is 9.89 Å². The number of carboxylic acid groups (broad SMARTS) is 1. The van der Waals surface area contributed by atoms with Gasteiger partial charge in [0.05, 0.1) is 0 Å². The molecule has 0 radical (unpaired) electrons. The number of rotatable bonds is 2. The number of hydrogen-bond acceptors (Lipinski definition) is 4. The summed E-state index contributed by atoms with van der Waals surface area (Å²) in [4.78, 5) is 10.2. The second-order valence-electron chi connectivity index (χ2n) is 1.89. The van der Waals surface area contributed by atoms with E-state index in [0.29, 0.717) is 0 Å². The van der Waals surface area contributed by atoms with Gasteiger partial charge in [-0.05, 0) is 12.2 Å². The molecule has 0 aliphatic rings. The summed E-state index contributed by atoms with van der Waals surface area (Å²) in [5.74, 6) is 4.52. The van der Waals surface area contributed by atoms with Crippen molar-refractivity contribution >= 4 is 18.2 Å². The summed E-state index contributed by atoms with van der Waals surface area (Å²) < 4.78 is 1.24. The minimum Gasteiger partial charge on any atom is -0.481 e. The first kappa shape index (κ1) is 7.73. The number of nitrogens with one attached hydrogen (secondary N) is 1. The molecule has 11 heavy (non-hydrogen) atoms. The molecule has 1 aromatic rings. The maximum atomic E-state index is 10.2. The minimum atomic E-state index is -0.995. The molecule has 0 spiro atoms. The molecule has 0 bridgehead atoms. The monoisotopic (exact) mass is 174 g/mol. The van der Waals surface area contributed by atoms with Crippen molar-refractivity contribution in [2.24, 2.45) is 0 Å². The standard InChI is InChI=1S/C4H6N4O2S/c5-8-2(1-3(9)10)6-7-4(8)11/h1,5H2,(H,7,11)(H,9,10). The molecule has 0 amide bonds. The SMILES string of the molecule is Nn1c(CC(=O)O)n[nH]c1=S. The zero-order chi connectivity index (χ0) is 8.43. The fraction of sp³-hybridized carbons (Fsp3) is 0.250. The highest BCUT2D eigenvalue weighted by molar-refractivity contribution is 7.71. The van der Waals surface area contributed by atoms with Crippen LogP contribution in [0.15, 0.2) is 0 Å². The number of H-pyrrole nitrogens is 1. The molecule has 60 valence electrons. The van der Waals surface area contributed by atoms with Gasteiger partial charge in [0.2, 0.25) is 4.77 Å². The maximum absolute atomic E-state index is 10.2. The van der Waals surface area contributed by atoms with Crippen molar-refractivity contribution in [2.45, 2.75) is 6.42 Å². The van der Waals surface area contributed by atoms with Gasteiger partial charge in [-0.25, -0.2) is 4.68 Å². The molecule has 0 aromatic carbocycles. The van der Waals surface area contributed by atoms with Gasteiger partial charge in [0.1, 0.15) is 6.42 Å². The van der Waals surface area contributed by atoms with E-state index in [1.165, 1.54) is 0 Å². The normalized spacial score (nSPS) is 9.82. The first-order valence-electron chi connectivity index (χ1n) is 2.74. The van der Waals surface area contributed by atoms with E-state index in [9.17, 15) is 4.79 Å². The Balaban J connectivity index is 2.96. The molecule has 1 aromatic heterocycles. The molecule has 4 N–H and O–H groups in total. The Bertz CT molecular complexity index is 327. The number of nitrogen functional groups attached to an aromatic ring is 1. The minimum absolute atomic E-state index is 0.209. The molecule has 1 heterocycles. The van der Waals surface area contributed by atoms with E-state index in [1.54, 1.807) is 0 Å². The summed E-state index contributed by atoms with van der Waals surface area (Å²) in [6.45, 7) is 0. The van der Waals surface area contributed by atoms with Crippen molar-refractivity contribution in [1.29, 1.82) is 0 Å². The molecular weight excluding hydrogens is 168 g/mol. The molecule has 0 aliphatic heterocycles. The zero-order valence-corrected chi connectivity index (χ0v) is 6.26. The van der Waals surface area contributed by atoms with Gasteiger partial charge in [-0.15, -0.1) is 0 Å². The van der Waals surface area contributed by atoms with Crippen LogP contribution in [0.1, 0.15) is 5.82 Å². The van der Waals surface area contributed by atoms with Crippen LogP contribution in [0.4, 0.5) is 0 Å². The molecular formula is C4H6N4O2S. The molecule has 1 rings (SSSR count). The summed E-state index contributed by atoms with van der Waals surface area (Å²) in [5.41, 5.74) is 0. The average molecular weight is 174 g/mol. The third-order valence-corrected chi connectivity index (χ3v) is 1.37. The third kappa shape index (κ3) is 1.55. The molecule has 6 nitrogen and oxygen atoms in total. The van der Waals surface area contributed by atoms with Crippen LogP contribution in [0.3, 0.4) is 0 Å². The third-order valence-electron chi connectivity index (χ3n) is 1.09. The Labute approximate surface area is 66.6 Å². The van der Waals surface area contributed by atoms with Crippen LogP contribution in [0.5, 0.6) is 0 Å². The molecule has 0 atom stereocenters. The van der Waals surface area contributed by atoms with Crippen molar-refractivity contribution in [3.63, 3.8) is 0 Å². The Morgan fingerprint density at radius 3 is 2.91 bits per heavy atom. The van der Waals surface area contributed by atoms with Crippen molar-refractivity contribution in [2.75, 3.05) is 5.84 Å². The number of aromatic amines is 1. The molecule has 7 heteroatoms. The number of hydrogen-bond donors (Lipinski definition) is 3. The fourth-order valence-corrected chi connectivity index (χ4v) is 0.748. The van der Waals surface area contributed by atoms with Gasteiger partial charge in [0.15, 0.2) is 5.82 Å². The van der Waals surface area contributed by atoms with Crippen LogP contribution in [-0.2, 0) is 11.2 Å². The van der Waals surface area contributed by atoms with E-state index in [0.717, 1.165) is 4.68 Å². The van der Waals surface area contributed by atoms with E-state index in [-0.39, 0.29) is 17.0 Å². The van der Waals surface area contributed by atoms with Crippen LogP contribution >= 0.6 is 12.2 Å². The highest BCUT2D eigenvalue weighted by Gasteiger charge is 2.06. The number of aliphatic carboxylic acids is 1. The van der Waals surface area contributed by atoms with Crippen molar-refractivity contribution < 1.29 is 9.90 Å². The van der Waals surface area contributed by atoms with Gasteiger partial charge in [-0.2, -0.15) is 5.10 Å². The highest BCUT2D eigenvalue weighted by atomic mass is 32.1. The second-order valence-corrected chi connectivity index (χ2v) is 2.27. The summed E-state index contributed by atoms with van der Waals surface area (Å²) in [6.07, 6.45) is -0.233. The smallest absolute Gasteiger partial charge is 0.311 e. The fourth-order valence-electron chi connectivity index (χ4n) is 0.597. The Morgan fingerprint density at radius 1 is 1.91 bits per heavy atom. The Hall–Kier alpha value is -1.37. The van der Waals surface area contributed by atoms with Gasteiger partial charge in [-0.1, -0.05) is 0 Å². The lowest BCUT2D eigenvalue weighted by Crippen LogP contribution is -2.15. The van der Waals surface area contributed by atoms with Gasteiger partial charge < -0.3 is 10.9 Å². The van der Waals surface area contributed by atoms with Gasteiger partial charge in [0.25, 0.3) is 0 Å². The molecule has 0 saturated carbocycles. The first-order chi connectivity index (χ1) is 5.11. The van der Waals surface area contributed by atoms with Crippen LogP contribution in [0.25, 0.3) is 0 Å². The highest BCUT2D eigenvalue weighted by Crippen LogP contribution is 1.92. The molecule has 0 fully saturated rings. The van der Waals surface area contributed by atoms with E-state index in [1.807, 2.05) is 0 Å². The summed E-state index contributed by atoms with van der Waals surface area (Å²) in [7, 11) is 0. The molecule has 0 aliphatic carbocycles. The first-order valence-corrected chi connectivity index (χ1v) is 3.15. The lowest BCUT2D eigenvalue weighted by molar-refractivity contribution is -0.136. The van der Waals surface area contributed by atoms with Crippen LogP contribution < -0.4 is 5.84 Å². The molecule has 0 unspecified atom stereocenters. The van der Waals surface area contributed by atoms with E-state index < -0.39 is 5.97 Å². The summed E-state index contributed by atoms with van der Waals surface area (Å²) >= 11 is 4.65. The van der Waals surface area contributed by atoms with Crippen LogP contribution in [0, 0.1) is 4.77 Å². The second kappa shape index (κ2) is 2.70. The maximum Gasteiger partial charge on any atom is 0.311 e. The number of carbonyl (C=O) groups is 1. The molecule has 0 saturated heterocycles. The quantitative estimate of drug-likeness (QED) is 0.406. The lowest BCUT2D eigenvalue weighted by atomic mass is 10.4. The summed E-state index contributed by atoms with van der Waals surface area (Å²) in [5, 5.41) is 14.3. The number of nitrogens with zero attached hydrogens (tertiary/aromatic N) is 2. The average Bonchev–Trinajstić information content (AvgIpc) is 2.18. The summed E-state index contributed by atoms with van der Waals surface area (Å²) in [6, 6.07) is 0. The number of aromatic nitrogens is 3. The van der Waals surface area contributed by atoms with E-state index in [2.05, 4.69) is 22.4 Å². The lowest BCUT2D eigenvalue weighted by Gasteiger charge is -1.93. The topological polar surface area (TPSA) is 96.9 Å². The van der Waals surface area contributed by atoms with E-state index >= 15 is 0 Å². The van der Waals surface area contributed by atoms with Gasteiger partial charge in [0, 0.05) is 0 Å².